The topological polar surface area (TPSA) is 58.6 Å². The maximum absolute atomic E-state index is 12.2. The molecular formula is C15H18BrNO3. The molecule has 0 aromatic heterocycles. The first-order chi connectivity index (χ1) is 9.54. The van der Waals surface area contributed by atoms with Gasteiger partial charge in [-0.25, -0.2) is 0 Å². The average Bonchev–Trinajstić information content (AvgIpc) is 2.46. The molecule has 0 bridgehead atoms. The first-order valence-electron chi connectivity index (χ1n) is 6.56. The van der Waals surface area contributed by atoms with Gasteiger partial charge in [0, 0.05) is 4.47 Å². The van der Waals surface area contributed by atoms with Crippen LogP contribution in [0.3, 0.4) is 0 Å². The molecule has 0 saturated heterocycles. The van der Waals surface area contributed by atoms with E-state index in [1.165, 1.54) is 0 Å². The van der Waals surface area contributed by atoms with Gasteiger partial charge < -0.3 is 15.2 Å². The van der Waals surface area contributed by atoms with Crippen molar-refractivity contribution in [2.45, 2.75) is 24.9 Å². The number of methoxy groups -OCH3 is 1. The zero-order chi connectivity index (χ0) is 14.6. The molecule has 0 saturated carbocycles. The summed E-state index contributed by atoms with van der Waals surface area (Å²) < 4.78 is 5.81. The minimum atomic E-state index is -0.931. The molecule has 1 amide bonds. The summed E-state index contributed by atoms with van der Waals surface area (Å²) in [5, 5.41) is 13.1. The van der Waals surface area contributed by atoms with Crippen LogP contribution in [0.5, 0.6) is 5.75 Å². The summed E-state index contributed by atoms with van der Waals surface area (Å²) >= 11 is 3.35. The molecule has 1 aromatic carbocycles. The summed E-state index contributed by atoms with van der Waals surface area (Å²) in [7, 11) is 1.56. The molecule has 108 valence electrons. The Bertz CT molecular complexity index is 530. The Morgan fingerprint density at radius 1 is 1.55 bits per heavy atom. The number of ether oxygens (including phenoxy) is 1. The van der Waals surface area contributed by atoms with Crippen molar-refractivity contribution in [3.8, 4) is 5.75 Å². The van der Waals surface area contributed by atoms with E-state index in [4.69, 9.17) is 4.74 Å². The van der Waals surface area contributed by atoms with Crippen molar-refractivity contribution in [3.63, 3.8) is 0 Å². The van der Waals surface area contributed by atoms with E-state index in [0.717, 1.165) is 12.8 Å². The lowest BCUT2D eigenvalue weighted by Gasteiger charge is -2.27. The predicted octanol–water partition coefficient (Wildman–Crippen LogP) is 2.66. The smallest absolute Gasteiger partial charge is 0.252 e. The molecule has 2 rings (SSSR count). The number of rotatable bonds is 4. The zero-order valence-corrected chi connectivity index (χ0v) is 12.9. The second kappa shape index (κ2) is 6.41. The van der Waals surface area contributed by atoms with Gasteiger partial charge in [-0.15, -0.1) is 0 Å². The van der Waals surface area contributed by atoms with Crippen LogP contribution in [0, 0.1) is 0 Å². The molecule has 2 N–H and O–H groups in total. The van der Waals surface area contributed by atoms with E-state index < -0.39 is 5.60 Å². The van der Waals surface area contributed by atoms with Crippen LogP contribution in [0.2, 0.25) is 0 Å². The molecular weight excluding hydrogens is 322 g/mol. The molecule has 0 radical (unpaired) electrons. The second-order valence-corrected chi connectivity index (χ2v) is 5.78. The number of hydrogen-bond acceptors (Lipinski definition) is 3. The number of carbonyl (C=O) groups is 1. The number of halogens is 1. The number of aliphatic hydroxyl groups is 1. The minimum Gasteiger partial charge on any atom is -0.497 e. The second-order valence-electron chi connectivity index (χ2n) is 4.93. The monoisotopic (exact) mass is 339 g/mol. The highest BCUT2D eigenvalue weighted by Crippen LogP contribution is 2.24. The van der Waals surface area contributed by atoms with Crippen LogP contribution in [-0.2, 0) is 0 Å². The van der Waals surface area contributed by atoms with Gasteiger partial charge in [-0.1, -0.05) is 12.2 Å². The van der Waals surface area contributed by atoms with Crippen LogP contribution >= 0.6 is 15.9 Å². The van der Waals surface area contributed by atoms with Crippen LogP contribution in [0.4, 0.5) is 0 Å². The highest BCUT2D eigenvalue weighted by molar-refractivity contribution is 9.10. The fourth-order valence-corrected chi connectivity index (χ4v) is 2.62. The third kappa shape index (κ3) is 3.61. The Morgan fingerprint density at radius 2 is 2.35 bits per heavy atom. The zero-order valence-electron chi connectivity index (χ0n) is 11.4. The molecule has 1 unspecified atom stereocenters. The van der Waals surface area contributed by atoms with Crippen molar-refractivity contribution in [2.24, 2.45) is 0 Å². The van der Waals surface area contributed by atoms with Crippen molar-refractivity contribution in [2.75, 3.05) is 13.7 Å². The van der Waals surface area contributed by atoms with E-state index in [0.29, 0.717) is 22.2 Å². The van der Waals surface area contributed by atoms with E-state index in [2.05, 4.69) is 21.2 Å². The summed E-state index contributed by atoms with van der Waals surface area (Å²) in [4.78, 5) is 12.2. The van der Waals surface area contributed by atoms with E-state index in [-0.39, 0.29) is 12.5 Å². The first kappa shape index (κ1) is 15.1. The number of benzene rings is 1. The van der Waals surface area contributed by atoms with Crippen LogP contribution in [0.25, 0.3) is 0 Å². The van der Waals surface area contributed by atoms with Crippen molar-refractivity contribution in [3.05, 3.63) is 40.4 Å². The Hall–Kier alpha value is -1.33. The van der Waals surface area contributed by atoms with Gasteiger partial charge in [0.25, 0.3) is 5.91 Å². The third-order valence-corrected chi connectivity index (χ3v) is 4.07. The summed E-state index contributed by atoms with van der Waals surface area (Å²) in [6.07, 6.45) is 6.32. The summed E-state index contributed by atoms with van der Waals surface area (Å²) in [5.74, 6) is 0.387. The quantitative estimate of drug-likeness (QED) is 0.829. The molecule has 0 fully saturated rings. The van der Waals surface area contributed by atoms with Crippen molar-refractivity contribution < 1.29 is 14.6 Å². The van der Waals surface area contributed by atoms with Gasteiger partial charge in [-0.3, -0.25) is 4.79 Å². The molecule has 20 heavy (non-hydrogen) atoms. The Kier molecular flexibility index (Phi) is 4.83. The van der Waals surface area contributed by atoms with Crippen LogP contribution < -0.4 is 10.1 Å². The standard InChI is InChI=1S/C15H18BrNO3/c1-20-11-5-6-13(16)12(9-11)14(18)17-10-15(19)7-3-2-4-8-15/h3,5-7,9,19H,2,4,8,10H2,1H3,(H,17,18). The van der Waals surface area contributed by atoms with E-state index >= 15 is 0 Å². The Morgan fingerprint density at radius 3 is 3.00 bits per heavy atom. The molecule has 1 aliphatic rings. The summed E-state index contributed by atoms with van der Waals surface area (Å²) in [5.41, 5.74) is -0.438. The van der Waals surface area contributed by atoms with Crippen LogP contribution in [-0.4, -0.2) is 30.3 Å². The van der Waals surface area contributed by atoms with Crippen molar-refractivity contribution in [1.29, 1.82) is 0 Å². The normalized spacial score (nSPS) is 21.6. The van der Waals surface area contributed by atoms with Crippen LogP contribution in [0.1, 0.15) is 29.6 Å². The largest absolute Gasteiger partial charge is 0.497 e. The SMILES string of the molecule is COc1ccc(Br)c(C(=O)NCC2(O)C=CCCC2)c1. The average molecular weight is 340 g/mol. The molecule has 1 atom stereocenters. The van der Waals surface area contributed by atoms with Gasteiger partial charge in [0.1, 0.15) is 5.75 Å². The van der Waals surface area contributed by atoms with E-state index in [9.17, 15) is 9.90 Å². The fraction of sp³-hybridized carbons (Fsp3) is 0.400. The molecule has 0 heterocycles. The fourth-order valence-electron chi connectivity index (χ4n) is 2.19. The molecule has 4 nitrogen and oxygen atoms in total. The number of nitrogens with one attached hydrogen (secondary N) is 1. The predicted molar refractivity (Wildman–Crippen MR) is 81.0 cm³/mol. The van der Waals surface area contributed by atoms with Gasteiger partial charge in [-0.2, -0.15) is 0 Å². The maximum Gasteiger partial charge on any atom is 0.252 e. The minimum absolute atomic E-state index is 0.214. The number of hydrogen-bond donors (Lipinski definition) is 2. The first-order valence-corrected chi connectivity index (χ1v) is 7.35. The van der Waals surface area contributed by atoms with Gasteiger partial charge in [0.2, 0.25) is 0 Å². The third-order valence-electron chi connectivity index (χ3n) is 3.38. The highest BCUT2D eigenvalue weighted by atomic mass is 79.9. The van der Waals surface area contributed by atoms with Gasteiger partial charge in [0.05, 0.1) is 24.8 Å². The highest BCUT2D eigenvalue weighted by Gasteiger charge is 2.26. The molecule has 1 aliphatic carbocycles. The van der Waals surface area contributed by atoms with E-state index in [1.54, 1.807) is 31.4 Å². The maximum atomic E-state index is 12.2. The summed E-state index contributed by atoms with van der Waals surface area (Å²) in [6, 6.07) is 5.21. The number of allylic oxidation sites excluding steroid dienone is 1. The molecule has 5 heteroatoms. The molecule has 0 aliphatic heterocycles. The van der Waals surface area contributed by atoms with Crippen molar-refractivity contribution >= 4 is 21.8 Å². The number of amides is 1. The lowest BCUT2D eigenvalue weighted by atomic mass is 9.91. The van der Waals surface area contributed by atoms with Crippen LogP contribution in [0.15, 0.2) is 34.8 Å². The Balaban J connectivity index is 2.05. The molecule has 1 aromatic rings. The Labute approximate surface area is 127 Å². The summed E-state index contributed by atoms with van der Waals surface area (Å²) in [6.45, 7) is 0.214. The van der Waals surface area contributed by atoms with Gasteiger partial charge >= 0.3 is 0 Å². The lowest BCUT2D eigenvalue weighted by molar-refractivity contribution is 0.0660. The number of carbonyl (C=O) groups excluding carboxylic acids is 1. The van der Waals surface area contributed by atoms with Gasteiger partial charge in [0.15, 0.2) is 0 Å². The van der Waals surface area contributed by atoms with Crippen molar-refractivity contribution in [1.82, 2.24) is 5.32 Å². The van der Waals surface area contributed by atoms with Gasteiger partial charge in [-0.05, 0) is 53.4 Å². The van der Waals surface area contributed by atoms with E-state index in [1.807, 2.05) is 6.08 Å². The lowest BCUT2D eigenvalue weighted by Crippen LogP contribution is -2.42. The molecule has 0 spiro atoms.